The van der Waals surface area contributed by atoms with Crippen molar-refractivity contribution in [3.8, 4) is 0 Å². The van der Waals surface area contributed by atoms with Gasteiger partial charge in [-0.2, -0.15) is 0 Å². The molecule has 0 bridgehead atoms. The molecule has 1 atom stereocenters. The van der Waals surface area contributed by atoms with E-state index in [1.165, 1.54) is 10.4 Å². The lowest BCUT2D eigenvalue weighted by Gasteiger charge is -2.16. The second kappa shape index (κ2) is 9.92. The van der Waals surface area contributed by atoms with E-state index in [0.29, 0.717) is 5.92 Å². The number of hydrogen-bond acceptors (Lipinski definition) is 4. The fraction of sp³-hybridized carbons (Fsp3) is 0.500. The lowest BCUT2D eigenvalue weighted by molar-refractivity contribution is 0.391. The van der Waals surface area contributed by atoms with E-state index in [-0.39, 0.29) is 24.0 Å². The Morgan fingerprint density at radius 2 is 2.17 bits per heavy atom. The van der Waals surface area contributed by atoms with E-state index < -0.39 is 0 Å². The highest BCUT2D eigenvalue weighted by molar-refractivity contribution is 14.0. The van der Waals surface area contributed by atoms with Crippen molar-refractivity contribution in [1.29, 1.82) is 0 Å². The molecule has 1 unspecified atom stereocenters. The van der Waals surface area contributed by atoms with Gasteiger partial charge in [-0.1, -0.05) is 18.1 Å². The molecule has 2 aromatic rings. The molecule has 128 valence electrons. The van der Waals surface area contributed by atoms with Gasteiger partial charge < -0.3 is 15.2 Å². The first kappa shape index (κ1) is 20.0. The number of nitrogens with zero attached hydrogens (tertiary/aromatic N) is 2. The van der Waals surface area contributed by atoms with E-state index in [1.54, 1.807) is 18.4 Å². The largest absolute Gasteiger partial charge is 0.361 e. The maximum atomic E-state index is 5.23. The van der Waals surface area contributed by atoms with Gasteiger partial charge >= 0.3 is 0 Å². The highest BCUT2D eigenvalue weighted by Crippen LogP contribution is 2.22. The highest BCUT2D eigenvalue weighted by atomic mass is 127. The van der Waals surface area contributed by atoms with Gasteiger partial charge in [-0.05, 0) is 31.7 Å². The summed E-state index contributed by atoms with van der Waals surface area (Å²) in [5.41, 5.74) is 2.15. The van der Waals surface area contributed by atoms with Gasteiger partial charge in [0.1, 0.15) is 5.76 Å². The number of guanidine groups is 1. The molecule has 2 heterocycles. The molecular formula is C16H25IN4OS. The van der Waals surface area contributed by atoms with Gasteiger partial charge in [-0.25, -0.2) is 0 Å². The zero-order valence-corrected chi connectivity index (χ0v) is 17.2. The number of halogens is 1. The fourth-order valence-corrected chi connectivity index (χ4v) is 3.23. The molecule has 23 heavy (non-hydrogen) atoms. The van der Waals surface area contributed by atoms with Crippen molar-refractivity contribution in [2.45, 2.75) is 33.1 Å². The number of aliphatic imine (C=N–C) groups is 1. The summed E-state index contributed by atoms with van der Waals surface area (Å²) < 4.78 is 5.23. The number of aryl methyl sites for hydroxylation is 2. The van der Waals surface area contributed by atoms with Gasteiger partial charge in [0.15, 0.2) is 5.96 Å². The first-order valence-electron chi connectivity index (χ1n) is 7.51. The van der Waals surface area contributed by atoms with Crippen molar-refractivity contribution in [1.82, 2.24) is 15.8 Å². The van der Waals surface area contributed by atoms with Crippen LogP contribution in [0.4, 0.5) is 0 Å². The highest BCUT2D eigenvalue weighted by Gasteiger charge is 2.16. The van der Waals surface area contributed by atoms with Crippen molar-refractivity contribution >= 4 is 41.3 Å². The van der Waals surface area contributed by atoms with Gasteiger partial charge in [0.25, 0.3) is 0 Å². The zero-order valence-electron chi connectivity index (χ0n) is 14.0. The molecule has 2 rings (SSSR count). The molecule has 0 aliphatic carbocycles. The van der Waals surface area contributed by atoms with Crippen LogP contribution < -0.4 is 10.6 Å². The minimum atomic E-state index is 0. The van der Waals surface area contributed by atoms with Crippen LogP contribution in [0.25, 0.3) is 0 Å². The summed E-state index contributed by atoms with van der Waals surface area (Å²) in [5.74, 6) is 2.05. The third kappa shape index (κ3) is 5.80. The topological polar surface area (TPSA) is 62.5 Å². The molecule has 0 spiro atoms. The molecule has 7 heteroatoms. The summed E-state index contributed by atoms with van der Waals surface area (Å²) in [7, 11) is 1.79. The minimum absolute atomic E-state index is 0. The van der Waals surface area contributed by atoms with Gasteiger partial charge in [0, 0.05) is 36.5 Å². The second-order valence-electron chi connectivity index (χ2n) is 5.35. The maximum absolute atomic E-state index is 5.23. The molecular weight excluding hydrogens is 423 g/mol. The van der Waals surface area contributed by atoms with E-state index in [0.717, 1.165) is 36.9 Å². The van der Waals surface area contributed by atoms with Crippen molar-refractivity contribution in [3.05, 3.63) is 39.4 Å². The van der Waals surface area contributed by atoms with E-state index >= 15 is 0 Å². The molecule has 0 saturated carbocycles. The third-order valence-electron chi connectivity index (χ3n) is 3.62. The molecule has 0 saturated heterocycles. The zero-order chi connectivity index (χ0) is 15.9. The Morgan fingerprint density at radius 1 is 1.39 bits per heavy atom. The van der Waals surface area contributed by atoms with Crippen LogP contribution >= 0.6 is 35.3 Å². The molecule has 0 amide bonds. The summed E-state index contributed by atoms with van der Waals surface area (Å²) in [4.78, 5) is 5.65. The lowest BCUT2D eigenvalue weighted by Crippen LogP contribution is -2.40. The summed E-state index contributed by atoms with van der Waals surface area (Å²) in [5, 5.41) is 12.8. The van der Waals surface area contributed by atoms with Crippen LogP contribution in [0.15, 0.2) is 27.0 Å². The standard InChI is InChI=1S/C16H24N4OS.HI/c1-11(15-12(2)20-21-13(15)3)10-19-16(17-4)18-8-7-14-6-5-9-22-14;/h5-6,9,11H,7-8,10H2,1-4H3,(H2,17,18,19);1H. The Hall–Kier alpha value is -1.09. The van der Waals surface area contributed by atoms with E-state index in [9.17, 15) is 0 Å². The third-order valence-corrected chi connectivity index (χ3v) is 4.56. The first-order valence-corrected chi connectivity index (χ1v) is 8.39. The molecule has 2 aromatic heterocycles. The molecule has 0 aliphatic rings. The average molecular weight is 448 g/mol. The van der Waals surface area contributed by atoms with Gasteiger partial charge in [0.05, 0.1) is 5.69 Å². The Bertz CT molecular complexity index is 590. The molecule has 5 nitrogen and oxygen atoms in total. The van der Waals surface area contributed by atoms with Crippen LogP contribution in [0.3, 0.4) is 0 Å². The Morgan fingerprint density at radius 3 is 2.74 bits per heavy atom. The van der Waals surface area contributed by atoms with Crippen molar-refractivity contribution in [2.75, 3.05) is 20.1 Å². The van der Waals surface area contributed by atoms with Crippen molar-refractivity contribution in [2.24, 2.45) is 4.99 Å². The molecule has 0 radical (unpaired) electrons. The monoisotopic (exact) mass is 448 g/mol. The summed E-state index contributed by atoms with van der Waals surface area (Å²) in [6, 6.07) is 4.24. The van der Waals surface area contributed by atoms with E-state index in [4.69, 9.17) is 4.52 Å². The molecule has 0 aliphatic heterocycles. The number of nitrogens with one attached hydrogen (secondary N) is 2. The SMILES string of the molecule is CN=C(NCCc1cccs1)NCC(C)c1c(C)noc1C.I. The second-order valence-corrected chi connectivity index (χ2v) is 6.38. The average Bonchev–Trinajstić information content (AvgIpc) is 3.12. The molecule has 0 fully saturated rings. The predicted molar refractivity (Wildman–Crippen MR) is 107 cm³/mol. The van der Waals surface area contributed by atoms with Gasteiger partial charge in [0.2, 0.25) is 0 Å². The van der Waals surface area contributed by atoms with Crippen molar-refractivity contribution < 1.29 is 4.52 Å². The van der Waals surface area contributed by atoms with Crippen molar-refractivity contribution in [3.63, 3.8) is 0 Å². The smallest absolute Gasteiger partial charge is 0.191 e. The summed E-state index contributed by atoms with van der Waals surface area (Å²) in [6.45, 7) is 7.77. The number of thiophene rings is 1. The number of hydrogen-bond donors (Lipinski definition) is 2. The number of rotatable bonds is 6. The van der Waals surface area contributed by atoms with Gasteiger partial charge in [-0.15, -0.1) is 35.3 Å². The fourth-order valence-electron chi connectivity index (χ4n) is 2.52. The van der Waals surface area contributed by atoms with Gasteiger partial charge in [-0.3, -0.25) is 4.99 Å². The number of aromatic nitrogens is 1. The van der Waals surface area contributed by atoms with Crippen LogP contribution in [0, 0.1) is 13.8 Å². The predicted octanol–water partition coefficient (Wildman–Crippen LogP) is 3.48. The minimum Gasteiger partial charge on any atom is -0.361 e. The molecule has 2 N–H and O–H groups in total. The maximum Gasteiger partial charge on any atom is 0.191 e. The van der Waals surface area contributed by atoms with Crippen LogP contribution in [0.2, 0.25) is 0 Å². The quantitative estimate of drug-likeness (QED) is 0.404. The van der Waals surface area contributed by atoms with Crippen LogP contribution in [0.5, 0.6) is 0 Å². The Labute approximate surface area is 159 Å². The first-order chi connectivity index (χ1) is 10.6. The van der Waals surface area contributed by atoms with E-state index in [1.807, 2.05) is 13.8 Å². The van der Waals surface area contributed by atoms with Crippen LogP contribution in [-0.2, 0) is 6.42 Å². The summed E-state index contributed by atoms with van der Waals surface area (Å²) in [6.07, 6.45) is 1.01. The van der Waals surface area contributed by atoms with Crippen LogP contribution in [-0.4, -0.2) is 31.3 Å². The normalized spacial score (nSPS) is 12.6. The van der Waals surface area contributed by atoms with Crippen LogP contribution in [0.1, 0.15) is 34.7 Å². The Balaban J connectivity index is 0.00000264. The lowest BCUT2D eigenvalue weighted by atomic mass is 10.00. The molecule has 0 aromatic carbocycles. The van der Waals surface area contributed by atoms with E-state index in [2.05, 4.69) is 45.2 Å². The summed E-state index contributed by atoms with van der Waals surface area (Å²) >= 11 is 1.78. The Kier molecular flexibility index (Phi) is 8.60.